The van der Waals surface area contributed by atoms with Crippen LogP contribution in [0.15, 0.2) is 0 Å². The molecule has 1 heterocycles. The second kappa shape index (κ2) is 4.37. The summed E-state index contributed by atoms with van der Waals surface area (Å²) >= 11 is 0. The summed E-state index contributed by atoms with van der Waals surface area (Å²) in [4.78, 5) is 0. The van der Waals surface area contributed by atoms with Crippen LogP contribution >= 0.6 is 12.4 Å². The van der Waals surface area contributed by atoms with Gasteiger partial charge in [0.25, 0.3) is 0 Å². The predicted molar refractivity (Wildman–Crippen MR) is 29.9 cm³/mol. The first kappa shape index (κ1) is 7.21. The van der Waals surface area contributed by atoms with Crippen molar-refractivity contribution >= 4 is 12.4 Å². The van der Waals surface area contributed by atoms with Gasteiger partial charge in [0.2, 0.25) is 0 Å². The third-order valence-electron chi connectivity index (χ3n) is 0.787. The lowest BCUT2D eigenvalue weighted by atomic mass is 10.5. The highest BCUT2D eigenvalue weighted by Gasteiger charge is 1.94. The van der Waals surface area contributed by atoms with E-state index in [1.807, 2.05) is 0 Å². The zero-order valence-electron chi connectivity index (χ0n) is 4.09. The highest BCUT2D eigenvalue weighted by atomic mass is 35.5. The molecule has 0 unspecified atom stereocenters. The summed E-state index contributed by atoms with van der Waals surface area (Å²) < 4.78 is 4.98. The molecule has 0 spiro atoms. The van der Waals surface area contributed by atoms with Crippen LogP contribution in [0.25, 0.3) is 0 Å². The van der Waals surface area contributed by atoms with Gasteiger partial charge in [0.1, 0.15) is 0 Å². The van der Waals surface area contributed by atoms with Crippen LogP contribution in [0.3, 0.4) is 0 Å². The molecule has 43 valence electrons. The summed E-state index contributed by atoms with van der Waals surface area (Å²) in [5.41, 5.74) is 0. The fourth-order valence-electron chi connectivity index (χ4n) is 0.472. The molecule has 0 aromatic heterocycles. The molecule has 0 aromatic rings. The van der Waals surface area contributed by atoms with E-state index in [0.717, 1.165) is 26.3 Å². The van der Waals surface area contributed by atoms with Gasteiger partial charge >= 0.3 is 0 Å². The van der Waals surface area contributed by atoms with E-state index in [-0.39, 0.29) is 12.4 Å². The predicted octanol–water partition coefficient (Wildman–Crippen LogP) is 0.0428. The van der Waals surface area contributed by atoms with Crippen molar-refractivity contribution in [1.82, 2.24) is 5.32 Å². The Hall–Kier alpha value is 0.210. The maximum absolute atomic E-state index is 4.98. The van der Waals surface area contributed by atoms with E-state index >= 15 is 0 Å². The van der Waals surface area contributed by atoms with Crippen molar-refractivity contribution < 1.29 is 4.74 Å². The highest BCUT2D eigenvalue weighted by Crippen LogP contribution is 1.79. The monoisotopic (exact) mass is 122 g/mol. The molecule has 3 heteroatoms. The maximum Gasteiger partial charge on any atom is 0.0608 e. The number of hydrogen-bond acceptors (Lipinski definition) is 1. The lowest BCUT2D eigenvalue weighted by Crippen LogP contribution is -2.24. The average Bonchev–Trinajstić information content (AvgIpc) is 1.72. The molecular weight excluding hydrogens is 114 g/mol. The Balaban J connectivity index is 0.000000360. The van der Waals surface area contributed by atoms with Gasteiger partial charge in [0, 0.05) is 13.1 Å². The first-order valence-corrected chi connectivity index (χ1v) is 2.21. The van der Waals surface area contributed by atoms with E-state index < -0.39 is 0 Å². The van der Waals surface area contributed by atoms with Crippen LogP contribution in [0.5, 0.6) is 0 Å². The summed E-state index contributed by atoms with van der Waals surface area (Å²) in [6.45, 7) is 3.47. The summed E-state index contributed by atoms with van der Waals surface area (Å²) in [7, 11) is 0. The summed E-state index contributed by atoms with van der Waals surface area (Å²) in [6.07, 6.45) is 0. The minimum absolute atomic E-state index is 0. The minimum Gasteiger partial charge on any atom is -0.379 e. The van der Waals surface area contributed by atoms with Crippen LogP contribution in [0.2, 0.25) is 0 Å². The molecular formula is C4H9ClNO. The van der Waals surface area contributed by atoms with Crippen LogP contribution in [0, 0.1) is 0 Å². The SMILES string of the molecule is C1COCC[N]1.Cl. The molecule has 0 saturated carbocycles. The van der Waals surface area contributed by atoms with E-state index in [1.54, 1.807) is 0 Å². The molecule has 1 radical (unpaired) electrons. The van der Waals surface area contributed by atoms with Gasteiger partial charge in [-0.05, 0) is 0 Å². The molecule has 0 amide bonds. The average molecular weight is 123 g/mol. The normalized spacial score (nSPS) is 20.6. The maximum atomic E-state index is 4.98. The van der Waals surface area contributed by atoms with Gasteiger partial charge in [-0.1, -0.05) is 0 Å². The number of morpholine rings is 1. The molecule has 0 aliphatic carbocycles. The first-order valence-electron chi connectivity index (χ1n) is 2.21. The molecule has 1 aliphatic heterocycles. The van der Waals surface area contributed by atoms with Crippen LogP contribution < -0.4 is 5.32 Å². The lowest BCUT2D eigenvalue weighted by Gasteiger charge is -2.08. The number of hydrogen-bond donors (Lipinski definition) is 0. The number of halogens is 1. The Labute approximate surface area is 49.6 Å². The molecule has 1 fully saturated rings. The first-order chi connectivity index (χ1) is 3.00. The third kappa shape index (κ3) is 2.85. The molecule has 1 aliphatic rings. The van der Waals surface area contributed by atoms with Gasteiger partial charge in [0.15, 0.2) is 0 Å². The Morgan fingerprint density at radius 2 is 1.71 bits per heavy atom. The number of rotatable bonds is 0. The molecule has 1 rings (SSSR count). The fourth-order valence-corrected chi connectivity index (χ4v) is 0.472. The quantitative estimate of drug-likeness (QED) is 0.445. The molecule has 0 N–H and O–H groups in total. The standard InChI is InChI=1S/C4H8NO.ClH/c1-3-6-4-2-5-1;/h1-4H2;1H. The summed E-state index contributed by atoms with van der Waals surface area (Å²) in [6, 6.07) is 0. The van der Waals surface area contributed by atoms with Crippen molar-refractivity contribution in [2.75, 3.05) is 26.3 Å². The Bertz CT molecular complexity index is 27.2. The van der Waals surface area contributed by atoms with Crippen molar-refractivity contribution in [3.8, 4) is 0 Å². The van der Waals surface area contributed by atoms with Crippen molar-refractivity contribution in [3.05, 3.63) is 0 Å². The Kier molecular flexibility index (Phi) is 4.50. The van der Waals surface area contributed by atoms with Gasteiger partial charge in [-0.25, -0.2) is 5.32 Å². The molecule has 0 aromatic carbocycles. The van der Waals surface area contributed by atoms with Crippen LogP contribution in [-0.2, 0) is 4.74 Å². The van der Waals surface area contributed by atoms with Crippen molar-refractivity contribution in [1.29, 1.82) is 0 Å². The van der Waals surface area contributed by atoms with Gasteiger partial charge < -0.3 is 4.74 Å². The van der Waals surface area contributed by atoms with Gasteiger partial charge in [-0.2, -0.15) is 0 Å². The van der Waals surface area contributed by atoms with E-state index in [2.05, 4.69) is 5.32 Å². The Morgan fingerprint density at radius 1 is 1.14 bits per heavy atom. The number of nitrogens with zero attached hydrogens (tertiary/aromatic N) is 1. The Morgan fingerprint density at radius 3 is 1.86 bits per heavy atom. The van der Waals surface area contributed by atoms with Gasteiger partial charge in [0.05, 0.1) is 13.2 Å². The van der Waals surface area contributed by atoms with Gasteiger partial charge in [-0.15, -0.1) is 12.4 Å². The lowest BCUT2D eigenvalue weighted by molar-refractivity contribution is 0.107. The van der Waals surface area contributed by atoms with Crippen molar-refractivity contribution in [3.63, 3.8) is 0 Å². The topological polar surface area (TPSA) is 23.3 Å². The van der Waals surface area contributed by atoms with E-state index in [9.17, 15) is 0 Å². The van der Waals surface area contributed by atoms with E-state index in [4.69, 9.17) is 4.74 Å². The van der Waals surface area contributed by atoms with E-state index in [0.29, 0.717) is 0 Å². The molecule has 2 nitrogen and oxygen atoms in total. The van der Waals surface area contributed by atoms with Crippen molar-refractivity contribution in [2.45, 2.75) is 0 Å². The van der Waals surface area contributed by atoms with Crippen LogP contribution in [-0.4, -0.2) is 26.3 Å². The molecule has 7 heavy (non-hydrogen) atoms. The van der Waals surface area contributed by atoms with Crippen molar-refractivity contribution in [2.24, 2.45) is 0 Å². The fraction of sp³-hybridized carbons (Fsp3) is 1.00. The molecule has 1 saturated heterocycles. The third-order valence-corrected chi connectivity index (χ3v) is 0.787. The molecule has 0 atom stereocenters. The molecule has 0 bridgehead atoms. The highest BCUT2D eigenvalue weighted by molar-refractivity contribution is 5.85. The second-order valence-electron chi connectivity index (χ2n) is 1.28. The smallest absolute Gasteiger partial charge is 0.0608 e. The summed E-state index contributed by atoms with van der Waals surface area (Å²) in [5.74, 6) is 0. The largest absolute Gasteiger partial charge is 0.379 e. The van der Waals surface area contributed by atoms with Gasteiger partial charge in [-0.3, -0.25) is 0 Å². The van der Waals surface area contributed by atoms with Crippen LogP contribution in [0.1, 0.15) is 0 Å². The second-order valence-corrected chi connectivity index (χ2v) is 1.28. The zero-order chi connectivity index (χ0) is 4.24. The summed E-state index contributed by atoms with van der Waals surface area (Å²) in [5, 5.41) is 4.05. The zero-order valence-corrected chi connectivity index (χ0v) is 4.91. The minimum atomic E-state index is 0. The van der Waals surface area contributed by atoms with Crippen LogP contribution in [0.4, 0.5) is 0 Å². The van der Waals surface area contributed by atoms with E-state index in [1.165, 1.54) is 0 Å². The number of ether oxygens (including phenoxy) is 1.